The van der Waals surface area contributed by atoms with Crippen LogP contribution in [0.15, 0.2) is 12.2 Å². The molecular weight excluding hydrogens is 163 g/mol. The van der Waals surface area contributed by atoms with Crippen molar-refractivity contribution in [2.24, 2.45) is 0 Å². The van der Waals surface area contributed by atoms with E-state index in [4.69, 9.17) is 0 Å². The van der Waals surface area contributed by atoms with Crippen molar-refractivity contribution >= 4 is 10.1 Å². The van der Waals surface area contributed by atoms with Gasteiger partial charge in [-0.3, -0.25) is 0 Å². The monoisotopic (exact) mass is 172 g/mol. The summed E-state index contributed by atoms with van der Waals surface area (Å²) in [5.74, 6) is -0.388. The molecule has 54 valence electrons. The molecular formula is C5H9NaO3S. The Morgan fingerprint density at radius 1 is 1.40 bits per heavy atom. The second kappa shape index (κ2) is 6.37. The van der Waals surface area contributed by atoms with E-state index < -0.39 is 10.1 Å². The van der Waals surface area contributed by atoms with Crippen LogP contribution in [0.3, 0.4) is 0 Å². The van der Waals surface area contributed by atoms with Crippen LogP contribution in [-0.4, -0.2) is 18.7 Å². The van der Waals surface area contributed by atoms with Crippen LogP contribution in [0.25, 0.3) is 0 Å². The van der Waals surface area contributed by atoms with E-state index in [1.54, 1.807) is 6.08 Å². The van der Waals surface area contributed by atoms with E-state index in [0.29, 0.717) is 0 Å². The maximum absolute atomic E-state index is 9.90. The van der Waals surface area contributed by atoms with E-state index >= 15 is 0 Å². The molecule has 0 saturated carbocycles. The summed E-state index contributed by atoms with van der Waals surface area (Å²) in [7, 11) is -4.03. The van der Waals surface area contributed by atoms with Crippen LogP contribution >= 0.6 is 0 Å². The second-order valence-electron chi connectivity index (χ2n) is 1.60. The van der Waals surface area contributed by atoms with Gasteiger partial charge >= 0.3 is 29.6 Å². The quantitative estimate of drug-likeness (QED) is 0.269. The van der Waals surface area contributed by atoms with Gasteiger partial charge in [-0.25, -0.2) is 8.42 Å². The Morgan fingerprint density at radius 2 is 1.90 bits per heavy atom. The first kappa shape index (κ1) is 13.3. The van der Waals surface area contributed by atoms with E-state index in [9.17, 15) is 13.0 Å². The maximum Gasteiger partial charge on any atom is 1.00 e. The molecule has 0 fully saturated rings. The van der Waals surface area contributed by atoms with Gasteiger partial charge in [0.15, 0.2) is 0 Å². The predicted octanol–water partition coefficient (Wildman–Crippen LogP) is -2.50. The fourth-order valence-electron chi connectivity index (χ4n) is 0.353. The Labute approximate surface area is 83.6 Å². The van der Waals surface area contributed by atoms with Crippen molar-refractivity contribution in [3.63, 3.8) is 0 Å². The first-order valence-corrected chi connectivity index (χ1v) is 4.22. The minimum atomic E-state index is -4.03. The van der Waals surface area contributed by atoms with Gasteiger partial charge in [0.05, 0.1) is 15.9 Å². The average Bonchev–Trinajstić information content (AvgIpc) is 1.63. The zero-order chi connectivity index (χ0) is 7.33. The van der Waals surface area contributed by atoms with Gasteiger partial charge in [0.2, 0.25) is 0 Å². The summed E-state index contributed by atoms with van der Waals surface area (Å²) in [6, 6.07) is 0. The first-order valence-electron chi connectivity index (χ1n) is 2.65. The standard InChI is InChI=1S/C5H10O3S.Na/c1-2-3-4-5-9(6,7)8;/h3-4H,2,5H2,1H3,(H,6,7,8);/q;+1/p-1/b4-3+;. The SMILES string of the molecule is CC/C=C/CS(=O)(=O)[O-].[Na+]. The van der Waals surface area contributed by atoms with Crippen molar-refractivity contribution in [3.05, 3.63) is 12.2 Å². The van der Waals surface area contributed by atoms with Gasteiger partial charge < -0.3 is 4.55 Å². The molecule has 0 heterocycles. The van der Waals surface area contributed by atoms with Crippen LogP contribution in [-0.2, 0) is 10.1 Å². The minimum absolute atomic E-state index is 0. The fraction of sp³-hybridized carbons (Fsp3) is 0.600. The molecule has 10 heavy (non-hydrogen) atoms. The van der Waals surface area contributed by atoms with Crippen molar-refractivity contribution in [2.45, 2.75) is 13.3 Å². The maximum atomic E-state index is 9.90. The van der Waals surface area contributed by atoms with E-state index in [-0.39, 0.29) is 35.3 Å². The molecule has 0 aromatic heterocycles. The number of hydrogen-bond acceptors (Lipinski definition) is 3. The zero-order valence-corrected chi connectivity index (χ0v) is 9.02. The van der Waals surface area contributed by atoms with Crippen molar-refractivity contribution in [1.82, 2.24) is 0 Å². The second-order valence-corrected chi connectivity index (χ2v) is 3.05. The number of rotatable bonds is 3. The Morgan fingerprint density at radius 3 is 2.20 bits per heavy atom. The van der Waals surface area contributed by atoms with Crippen LogP contribution in [0, 0.1) is 0 Å². The van der Waals surface area contributed by atoms with Gasteiger partial charge in [-0.1, -0.05) is 19.1 Å². The first-order chi connectivity index (χ1) is 4.06. The van der Waals surface area contributed by atoms with Crippen LogP contribution in [0.2, 0.25) is 0 Å². The van der Waals surface area contributed by atoms with Crippen molar-refractivity contribution in [2.75, 3.05) is 5.75 Å². The van der Waals surface area contributed by atoms with Crippen LogP contribution in [0.5, 0.6) is 0 Å². The van der Waals surface area contributed by atoms with E-state index in [1.807, 2.05) is 6.92 Å². The van der Waals surface area contributed by atoms with E-state index in [0.717, 1.165) is 6.42 Å². The van der Waals surface area contributed by atoms with Crippen molar-refractivity contribution in [1.29, 1.82) is 0 Å². The third kappa shape index (κ3) is 11.4. The van der Waals surface area contributed by atoms with Gasteiger partial charge in [-0.05, 0) is 6.42 Å². The summed E-state index contributed by atoms with van der Waals surface area (Å²) in [6.45, 7) is 1.87. The van der Waals surface area contributed by atoms with Crippen LogP contribution < -0.4 is 29.6 Å². The van der Waals surface area contributed by atoms with Crippen molar-refractivity contribution < 1.29 is 42.5 Å². The summed E-state index contributed by atoms with van der Waals surface area (Å²) in [6.07, 6.45) is 3.77. The Hall–Kier alpha value is 0.650. The Bertz CT molecular complexity index is 183. The molecule has 0 aromatic rings. The van der Waals surface area contributed by atoms with Gasteiger partial charge in [0.1, 0.15) is 0 Å². The molecule has 0 unspecified atom stereocenters. The average molecular weight is 172 g/mol. The molecule has 0 radical (unpaired) electrons. The minimum Gasteiger partial charge on any atom is -0.748 e. The molecule has 0 atom stereocenters. The molecule has 0 bridgehead atoms. The third-order valence-electron chi connectivity index (χ3n) is 0.703. The van der Waals surface area contributed by atoms with E-state index in [1.165, 1.54) is 6.08 Å². The number of hydrogen-bond donors (Lipinski definition) is 0. The fourth-order valence-corrected chi connectivity index (χ4v) is 0.724. The summed E-state index contributed by atoms with van der Waals surface area (Å²) in [5.41, 5.74) is 0. The Balaban J connectivity index is 0. The smallest absolute Gasteiger partial charge is 0.748 e. The zero-order valence-electron chi connectivity index (χ0n) is 6.20. The molecule has 0 spiro atoms. The van der Waals surface area contributed by atoms with Gasteiger partial charge in [-0.15, -0.1) is 0 Å². The molecule has 3 nitrogen and oxygen atoms in total. The normalized spacial score (nSPS) is 11.4. The topological polar surface area (TPSA) is 57.2 Å². The van der Waals surface area contributed by atoms with Gasteiger partial charge in [-0.2, -0.15) is 0 Å². The van der Waals surface area contributed by atoms with Crippen molar-refractivity contribution in [3.8, 4) is 0 Å². The molecule has 0 aliphatic rings. The van der Waals surface area contributed by atoms with E-state index in [2.05, 4.69) is 0 Å². The molecule has 0 rings (SSSR count). The predicted molar refractivity (Wildman–Crippen MR) is 34.0 cm³/mol. The molecule has 0 aliphatic carbocycles. The van der Waals surface area contributed by atoms with Crippen LogP contribution in [0.4, 0.5) is 0 Å². The summed E-state index contributed by atoms with van der Waals surface area (Å²) in [4.78, 5) is 0. The molecule has 0 N–H and O–H groups in total. The molecule has 5 heteroatoms. The largest absolute Gasteiger partial charge is 1.00 e. The van der Waals surface area contributed by atoms with Crippen LogP contribution in [0.1, 0.15) is 13.3 Å². The summed E-state index contributed by atoms with van der Waals surface area (Å²) >= 11 is 0. The molecule has 0 aromatic carbocycles. The van der Waals surface area contributed by atoms with Gasteiger partial charge in [0, 0.05) is 0 Å². The summed E-state index contributed by atoms with van der Waals surface area (Å²) in [5, 5.41) is 0. The number of allylic oxidation sites excluding steroid dienone is 1. The molecule has 0 saturated heterocycles. The molecule has 0 aliphatic heterocycles. The molecule has 0 amide bonds. The van der Waals surface area contributed by atoms with Gasteiger partial charge in [0.25, 0.3) is 0 Å². The third-order valence-corrected chi connectivity index (χ3v) is 1.30. The summed E-state index contributed by atoms with van der Waals surface area (Å²) < 4.78 is 29.7. The Kier molecular flexibility index (Phi) is 8.44.